The molecule has 92 valence electrons. The normalized spacial score (nSPS) is 9.71. The number of anilines is 1. The van der Waals surface area contributed by atoms with Gasteiger partial charge < -0.3 is 5.32 Å². The van der Waals surface area contributed by atoms with Crippen molar-refractivity contribution in [3.63, 3.8) is 0 Å². The Hall–Kier alpha value is -1.91. The first-order chi connectivity index (χ1) is 8.08. The summed E-state index contributed by atoms with van der Waals surface area (Å²) in [5, 5.41) is 7.93. The molecule has 2 heterocycles. The molecule has 0 aliphatic heterocycles. The first kappa shape index (κ1) is 13.2. The minimum Gasteiger partial charge on any atom is -0.311 e. The highest BCUT2D eigenvalue weighted by molar-refractivity contribution is 5.91. The average molecular weight is 234 g/mol. The Morgan fingerprint density at radius 3 is 2.65 bits per heavy atom. The van der Waals surface area contributed by atoms with E-state index in [4.69, 9.17) is 0 Å². The maximum absolute atomic E-state index is 10.9. The topological polar surface area (TPSA) is 59.8 Å². The fourth-order valence-corrected chi connectivity index (χ4v) is 1.58. The van der Waals surface area contributed by atoms with E-state index >= 15 is 0 Å². The molecule has 17 heavy (non-hydrogen) atoms. The van der Waals surface area contributed by atoms with Gasteiger partial charge in [-0.2, -0.15) is 5.10 Å². The lowest BCUT2D eigenvalue weighted by atomic mass is 10.2. The number of hydrogen-bond acceptors (Lipinski definition) is 3. The number of carbonyl (C=O) groups is 1. The van der Waals surface area contributed by atoms with Crippen LogP contribution in [0.5, 0.6) is 0 Å². The highest BCUT2D eigenvalue weighted by atomic mass is 16.1. The number of nitrogens with one attached hydrogen (secondary N) is 1. The number of aromatic nitrogens is 3. The van der Waals surface area contributed by atoms with E-state index in [2.05, 4.69) is 15.4 Å². The smallest absolute Gasteiger partial charge is 0.222 e. The molecule has 1 amide bonds. The minimum atomic E-state index is -0.122. The van der Waals surface area contributed by atoms with E-state index in [9.17, 15) is 4.79 Å². The second kappa shape index (κ2) is 5.43. The first-order valence-electron chi connectivity index (χ1n) is 5.65. The van der Waals surface area contributed by atoms with E-state index in [-0.39, 0.29) is 5.91 Å². The Balaban J connectivity index is 0.000000686. The molecule has 0 aliphatic carbocycles. The molecule has 0 bridgehead atoms. The molecule has 0 aromatic carbocycles. The number of nitrogens with zero attached hydrogens (tertiary/aromatic N) is 3. The molecule has 2 rings (SSSR count). The Labute approximate surface area is 101 Å². The van der Waals surface area contributed by atoms with Crippen molar-refractivity contribution < 1.29 is 4.79 Å². The number of rotatable bonds is 1. The van der Waals surface area contributed by atoms with Crippen LogP contribution < -0.4 is 5.32 Å². The summed E-state index contributed by atoms with van der Waals surface area (Å²) in [7, 11) is 1.87. The molecule has 0 aliphatic rings. The van der Waals surface area contributed by atoms with Gasteiger partial charge in [-0.05, 0) is 13.0 Å². The van der Waals surface area contributed by atoms with Crippen molar-refractivity contribution in [2.75, 3.05) is 5.32 Å². The van der Waals surface area contributed by atoms with Crippen molar-refractivity contribution in [1.29, 1.82) is 0 Å². The predicted molar refractivity (Wildman–Crippen MR) is 68.9 cm³/mol. The third kappa shape index (κ3) is 2.81. The van der Waals surface area contributed by atoms with Gasteiger partial charge in [-0.25, -0.2) is 4.98 Å². The van der Waals surface area contributed by atoms with Crippen LogP contribution in [-0.4, -0.2) is 20.7 Å². The van der Waals surface area contributed by atoms with Crippen LogP contribution in [0.25, 0.3) is 10.9 Å². The summed E-state index contributed by atoms with van der Waals surface area (Å²) in [4.78, 5) is 15.0. The fraction of sp³-hybridized carbons (Fsp3) is 0.417. The van der Waals surface area contributed by atoms with Gasteiger partial charge in [-0.3, -0.25) is 9.48 Å². The Kier molecular flexibility index (Phi) is 4.20. The predicted octanol–water partition coefficient (Wildman–Crippen LogP) is 2.26. The van der Waals surface area contributed by atoms with Gasteiger partial charge in [-0.15, -0.1) is 0 Å². The zero-order chi connectivity index (χ0) is 13.0. The zero-order valence-corrected chi connectivity index (χ0v) is 10.9. The summed E-state index contributed by atoms with van der Waals surface area (Å²) < 4.78 is 1.77. The van der Waals surface area contributed by atoms with Gasteiger partial charge in [-0.1, -0.05) is 13.8 Å². The van der Waals surface area contributed by atoms with E-state index in [1.165, 1.54) is 6.92 Å². The largest absolute Gasteiger partial charge is 0.311 e. The van der Waals surface area contributed by atoms with Crippen molar-refractivity contribution in [2.24, 2.45) is 7.05 Å². The van der Waals surface area contributed by atoms with E-state index in [1.54, 1.807) is 10.9 Å². The standard InChI is InChI=1S/C10H12N4O.C2H6/c1-6-8-4-10(12-7(2)15)11-5-9(8)14(3)13-6;1-2/h4-5H,1-3H3,(H,11,12,15);1-2H3. The fourth-order valence-electron chi connectivity index (χ4n) is 1.58. The molecule has 0 atom stereocenters. The number of carbonyl (C=O) groups excluding carboxylic acids is 1. The Bertz CT molecular complexity index is 531. The maximum atomic E-state index is 10.9. The molecular formula is C12H18N4O. The highest BCUT2D eigenvalue weighted by Crippen LogP contribution is 2.19. The molecule has 0 saturated carbocycles. The summed E-state index contributed by atoms with van der Waals surface area (Å²) in [5.74, 6) is 0.439. The highest BCUT2D eigenvalue weighted by Gasteiger charge is 2.06. The van der Waals surface area contributed by atoms with Crippen molar-refractivity contribution >= 4 is 22.6 Å². The number of amides is 1. The van der Waals surface area contributed by atoms with Crippen molar-refractivity contribution in [1.82, 2.24) is 14.8 Å². The number of hydrogen-bond donors (Lipinski definition) is 1. The van der Waals surface area contributed by atoms with E-state index in [1.807, 2.05) is 33.9 Å². The quantitative estimate of drug-likeness (QED) is 0.823. The van der Waals surface area contributed by atoms with Crippen LogP contribution in [0.2, 0.25) is 0 Å². The molecule has 1 N–H and O–H groups in total. The van der Waals surface area contributed by atoms with Gasteiger partial charge in [0.25, 0.3) is 0 Å². The van der Waals surface area contributed by atoms with Crippen molar-refractivity contribution in [3.05, 3.63) is 18.0 Å². The average Bonchev–Trinajstić information content (AvgIpc) is 2.56. The number of pyridine rings is 1. The van der Waals surface area contributed by atoms with E-state index in [0.29, 0.717) is 5.82 Å². The Morgan fingerprint density at radius 1 is 1.41 bits per heavy atom. The third-order valence-electron chi connectivity index (χ3n) is 2.23. The zero-order valence-electron chi connectivity index (χ0n) is 10.9. The number of fused-ring (bicyclic) bond motifs is 1. The monoisotopic (exact) mass is 234 g/mol. The van der Waals surface area contributed by atoms with Crippen LogP contribution >= 0.6 is 0 Å². The Morgan fingerprint density at radius 2 is 2.06 bits per heavy atom. The van der Waals surface area contributed by atoms with Gasteiger partial charge in [0, 0.05) is 19.4 Å². The molecule has 2 aromatic rings. The van der Waals surface area contributed by atoms with Gasteiger partial charge in [0.2, 0.25) is 5.91 Å². The lowest BCUT2D eigenvalue weighted by molar-refractivity contribution is -0.114. The van der Waals surface area contributed by atoms with Crippen molar-refractivity contribution in [3.8, 4) is 0 Å². The second-order valence-corrected chi connectivity index (χ2v) is 3.48. The summed E-state index contributed by atoms with van der Waals surface area (Å²) in [6, 6.07) is 1.83. The van der Waals surface area contributed by atoms with Crippen molar-refractivity contribution in [2.45, 2.75) is 27.7 Å². The molecule has 0 spiro atoms. The van der Waals surface area contributed by atoms with Gasteiger partial charge in [0.1, 0.15) is 5.82 Å². The van der Waals surface area contributed by atoms with Crippen LogP contribution in [0.4, 0.5) is 5.82 Å². The van der Waals surface area contributed by atoms with Gasteiger partial charge in [0.15, 0.2) is 0 Å². The van der Waals surface area contributed by atoms with Crippen LogP contribution in [0.15, 0.2) is 12.3 Å². The van der Waals surface area contributed by atoms with Gasteiger partial charge >= 0.3 is 0 Å². The van der Waals surface area contributed by atoms with Crippen LogP contribution in [0.3, 0.4) is 0 Å². The van der Waals surface area contributed by atoms with E-state index < -0.39 is 0 Å². The minimum absolute atomic E-state index is 0.122. The summed E-state index contributed by atoms with van der Waals surface area (Å²) in [6.45, 7) is 7.39. The first-order valence-corrected chi connectivity index (χ1v) is 5.65. The molecule has 5 nitrogen and oxygen atoms in total. The molecule has 0 radical (unpaired) electrons. The lowest BCUT2D eigenvalue weighted by Gasteiger charge is -2.00. The van der Waals surface area contributed by atoms with Crippen LogP contribution in [-0.2, 0) is 11.8 Å². The molecule has 0 fully saturated rings. The summed E-state index contributed by atoms with van der Waals surface area (Å²) in [5.41, 5.74) is 1.89. The molecule has 5 heteroatoms. The summed E-state index contributed by atoms with van der Waals surface area (Å²) in [6.07, 6.45) is 1.71. The van der Waals surface area contributed by atoms with Crippen LogP contribution in [0.1, 0.15) is 26.5 Å². The summed E-state index contributed by atoms with van der Waals surface area (Å²) >= 11 is 0. The molecule has 0 saturated heterocycles. The van der Waals surface area contributed by atoms with Crippen LogP contribution in [0, 0.1) is 6.92 Å². The third-order valence-corrected chi connectivity index (χ3v) is 2.23. The lowest BCUT2D eigenvalue weighted by Crippen LogP contribution is -2.07. The number of aryl methyl sites for hydroxylation is 2. The molecular weight excluding hydrogens is 216 g/mol. The van der Waals surface area contributed by atoms with Gasteiger partial charge in [0.05, 0.1) is 17.4 Å². The molecule has 2 aromatic heterocycles. The SMILES string of the molecule is CC.CC(=O)Nc1cc2c(C)nn(C)c2cn1. The molecule has 0 unspecified atom stereocenters. The second-order valence-electron chi connectivity index (χ2n) is 3.48. The maximum Gasteiger partial charge on any atom is 0.222 e. The van der Waals surface area contributed by atoms with E-state index in [0.717, 1.165) is 16.6 Å².